The van der Waals surface area contributed by atoms with E-state index in [-0.39, 0.29) is 52.4 Å². The maximum absolute atomic E-state index is 12.3. The number of ether oxygens (including phenoxy) is 2. The molecular weight excluding hydrogens is 358 g/mol. The first-order chi connectivity index (χ1) is 12.6. The van der Waals surface area contributed by atoms with Crippen molar-refractivity contribution in [1.29, 1.82) is 10.5 Å². The number of H-pyrrole nitrogens is 1. The van der Waals surface area contributed by atoms with Crippen molar-refractivity contribution >= 4 is 11.8 Å². The molecule has 8 nitrogen and oxygen atoms in total. The monoisotopic (exact) mass is 373 g/mol. The van der Waals surface area contributed by atoms with Crippen LogP contribution in [-0.4, -0.2) is 41.5 Å². The topological polar surface area (TPSA) is 139 Å². The number of thioether (sulfide) groups is 1. The summed E-state index contributed by atoms with van der Waals surface area (Å²) in [5.41, 5.74) is -0.210. The highest BCUT2D eigenvalue weighted by Gasteiger charge is 2.20. The van der Waals surface area contributed by atoms with E-state index >= 15 is 0 Å². The summed E-state index contributed by atoms with van der Waals surface area (Å²) in [5.74, 6) is 0.149. The summed E-state index contributed by atoms with van der Waals surface area (Å²) in [6, 6.07) is 8.12. The number of aromatic nitrogens is 1. The predicted molar refractivity (Wildman–Crippen MR) is 93.9 cm³/mol. The Hall–Kier alpha value is -2.98. The number of nitrogens with zero attached hydrogens (tertiary/aromatic N) is 2. The average molecular weight is 373 g/mol. The van der Waals surface area contributed by atoms with E-state index in [1.807, 2.05) is 12.1 Å². The number of pyridine rings is 1. The van der Waals surface area contributed by atoms with Crippen molar-refractivity contribution in [2.24, 2.45) is 0 Å². The van der Waals surface area contributed by atoms with Crippen LogP contribution in [0.25, 0.3) is 11.1 Å². The fraction of sp³-hybridized carbons (Fsp3) is 0.235. The average Bonchev–Trinajstić information content (AvgIpc) is 2.65. The molecule has 0 radical (unpaired) electrons. The van der Waals surface area contributed by atoms with Crippen molar-refractivity contribution < 1.29 is 19.7 Å². The van der Waals surface area contributed by atoms with Crippen LogP contribution in [0.2, 0.25) is 0 Å². The molecule has 3 N–H and O–H groups in total. The van der Waals surface area contributed by atoms with E-state index in [9.17, 15) is 20.4 Å². The van der Waals surface area contributed by atoms with Crippen LogP contribution in [-0.2, 0) is 4.74 Å². The van der Waals surface area contributed by atoms with Crippen LogP contribution < -0.4 is 10.3 Å². The molecule has 0 aliphatic rings. The van der Waals surface area contributed by atoms with Crippen LogP contribution >= 0.6 is 11.8 Å². The van der Waals surface area contributed by atoms with Gasteiger partial charge >= 0.3 is 0 Å². The van der Waals surface area contributed by atoms with Gasteiger partial charge in [-0.25, -0.2) is 0 Å². The maximum Gasteiger partial charge on any atom is 0.267 e. The van der Waals surface area contributed by atoms with Crippen LogP contribution in [0.4, 0.5) is 0 Å². The third-order valence-corrected chi connectivity index (χ3v) is 4.27. The standard InChI is InChI=1S/C17H15N3O5S/c1-24-14-6-10(2-3-13(14)22)15-11(7-18)16(23)20-17(12(15)8-19)26-9-25-5-4-21/h2-3,6,21-22H,4-5,9H2,1H3,(H,20,23). The summed E-state index contributed by atoms with van der Waals surface area (Å²) in [6.45, 7) is -0.0223. The van der Waals surface area contributed by atoms with Gasteiger partial charge in [0.05, 0.1) is 36.9 Å². The predicted octanol–water partition coefficient (Wildman–Crippen LogP) is 1.56. The maximum atomic E-state index is 12.3. The number of phenols is 1. The molecule has 134 valence electrons. The quantitative estimate of drug-likeness (QED) is 0.377. The molecule has 0 aliphatic heterocycles. The first kappa shape index (κ1) is 19.3. The Bertz CT molecular complexity index is 943. The molecule has 0 atom stereocenters. The van der Waals surface area contributed by atoms with E-state index < -0.39 is 5.56 Å². The van der Waals surface area contributed by atoms with Crippen LogP contribution in [0.3, 0.4) is 0 Å². The third-order valence-electron chi connectivity index (χ3n) is 3.40. The summed E-state index contributed by atoms with van der Waals surface area (Å²) in [5, 5.41) is 37.7. The lowest BCUT2D eigenvalue weighted by molar-refractivity contribution is 0.125. The van der Waals surface area contributed by atoms with Crippen molar-refractivity contribution in [2.75, 3.05) is 26.3 Å². The number of benzene rings is 1. The first-order valence-corrected chi connectivity index (χ1v) is 8.35. The summed E-state index contributed by atoms with van der Waals surface area (Å²) in [6.07, 6.45) is 0. The molecule has 0 fully saturated rings. The number of aromatic amines is 1. The van der Waals surface area contributed by atoms with Crippen LogP contribution in [0.5, 0.6) is 11.5 Å². The summed E-state index contributed by atoms with van der Waals surface area (Å²) in [7, 11) is 1.37. The zero-order valence-corrected chi connectivity index (χ0v) is 14.6. The molecule has 1 aromatic heterocycles. The molecule has 0 saturated heterocycles. The van der Waals surface area contributed by atoms with Gasteiger partial charge in [0.15, 0.2) is 11.5 Å². The van der Waals surface area contributed by atoms with Crippen molar-refractivity contribution in [3.05, 3.63) is 39.7 Å². The second-order valence-corrected chi connectivity index (χ2v) is 5.85. The Morgan fingerprint density at radius 3 is 2.62 bits per heavy atom. The molecule has 1 heterocycles. The van der Waals surface area contributed by atoms with Gasteiger partial charge in [-0.15, -0.1) is 0 Å². The highest BCUT2D eigenvalue weighted by Crippen LogP contribution is 2.36. The molecule has 0 unspecified atom stereocenters. The number of aromatic hydroxyl groups is 1. The Morgan fingerprint density at radius 2 is 2.00 bits per heavy atom. The summed E-state index contributed by atoms with van der Waals surface area (Å²) in [4.78, 5) is 14.8. The number of aliphatic hydroxyl groups excluding tert-OH is 1. The number of rotatable bonds is 7. The van der Waals surface area contributed by atoms with Gasteiger partial charge in [0, 0.05) is 5.56 Å². The molecule has 0 aliphatic carbocycles. The number of nitrogens with one attached hydrogen (secondary N) is 1. The number of hydrogen-bond acceptors (Lipinski definition) is 8. The van der Waals surface area contributed by atoms with Crippen molar-refractivity contribution in [2.45, 2.75) is 5.03 Å². The van der Waals surface area contributed by atoms with Crippen LogP contribution in [0, 0.1) is 22.7 Å². The Kier molecular flexibility index (Phi) is 6.64. The lowest BCUT2D eigenvalue weighted by atomic mass is 9.97. The molecule has 26 heavy (non-hydrogen) atoms. The smallest absolute Gasteiger partial charge is 0.267 e. The minimum absolute atomic E-state index is 0.103. The van der Waals surface area contributed by atoms with Crippen molar-refractivity contribution in [1.82, 2.24) is 4.98 Å². The fourth-order valence-corrected chi connectivity index (χ4v) is 3.02. The minimum Gasteiger partial charge on any atom is -0.504 e. The van der Waals surface area contributed by atoms with Gasteiger partial charge in [-0.3, -0.25) is 4.79 Å². The lowest BCUT2D eigenvalue weighted by Gasteiger charge is -2.12. The highest BCUT2D eigenvalue weighted by molar-refractivity contribution is 7.99. The SMILES string of the molecule is COc1cc(-c2c(C#N)c(SCOCCO)[nH]c(=O)c2C#N)ccc1O. The van der Waals surface area contributed by atoms with E-state index in [1.54, 1.807) is 0 Å². The van der Waals surface area contributed by atoms with E-state index in [4.69, 9.17) is 14.6 Å². The van der Waals surface area contributed by atoms with Gasteiger partial charge in [-0.05, 0) is 17.7 Å². The first-order valence-electron chi connectivity index (χ1n) is 7.36. The van der Waals surface area contributed by atoms with Crippen molar-refractivity contribution in [3.8, 4) is 34.8 Å². The highest BCUT2D eigenvalue weighted by atomic mass is 32.2. The molecule has 2 rings (SSSR count). The molecule has 0 saturated carbocycles. The summed E-state index contributed by atoms with van der Waals surface area (Å²) >= 11 is 1.07. The third kappa shape index (κ3) is 3.98. The molecule has 0 bridgehead atoms. The second kappa shape index (κ2) is 8.92. The van der Waals surface area contributed by atoms with Crippen LogP contribution in [0.15, 0.2) is 28.0 Å². The van der Waals surface area contributed by atoms with E-state index in [1.165, 1.54) is 25.3 Å². The zero-order chi connectivity index (χ0) is 19.1. The molecular formula is C17H15N3O5S. The summed E-state index contributed by atoms with van der Waals surface area (Å²) < 4.78 is 10.2. The largest absolute Gasteiger partial charge is 0.504 e. The van der Waals surface area contributed by atoms with Gasteiger partial charge < -0.3 is 24.7 Å². The van der Waals surface area contributed by atoms with Gasteiger partial charge in [0.1, 0.15) is 17.7 Å². The fourth-order valence-electron chi connectivity index (χ4n) is 2.25. The number of aliphatic hydroxyl groups is 1. The van der Waals surface area contributed by atoms with Crippen molar-refractivity contribution in [3.63, 3.8) is 0 Å². The number of phenolic OH excluding ortho intramolecular Hbond substituents is 1. The van der Waals surface area contributed by atoms with E-state index in [0.717, 1.165) is 11.8 Å². The van der Waals surface area contributed by atoms with E-state index in [2.05, 4.69) is 4.98 Å². The molecule has 9 heteroatoms. The van der Waals surface area contributed by atoms with Gasteiger partial charge in [0.2, 0.25) is 0 Å². The molecule has 2 aromatic rings. The number of nitriles is 2. The molecule has 0 amide bonds. The van der Waals surface area contributed by atoms with Gasteiger partial charge in [-0.1, -0.05) is 17.8 Å². The van der Waals surface area contributed by atoms with Gasteiger partial charge in [0.25, 0.3) is 5.56 Å². The Labute approximate surface area is 153 Å². The Morgan fingerprint density at radius 1 is 1.27 bits per heavy atom. The molecule has 1 aromatic carbocycles. The molecule has 0 spiro atoms. The number of hydrogen-bond donors (Lipinski definition) is 3. The van der Waals surface area contributed by atoms with Gasteiger partial charge in [-0.2, -0.15) is 10.5 Å². The van der Waals surface area contributed by atoms with Crippen LogP contribution in [0.1, 0.15) is 11.1 Å². The zero-order valence-electron chi connectivity index (χ0n) is 13.8. The second-order valence-electron chi connectivity index (χ2n) is 4.91. The lowest BCUT2D eigenvalue weighted by Crippen LogP contribution is -2.15. The number of methoxy groups -OCH3 is 1. The normalized spacial score (nSPS) is 10.2. The van der Waals surface area contributed by atoms with E-state index in [0.29, 0.717) is 5.56 Å². The Balaban J connectivity index is 2.63. The minimum atomic E-state index is -0.641.